The number of unbranched alkanes of at least 4 members (excludes halogenated alkanes) is 1. The maximum atomic E-state index is 11.9. The molecule has 0 spiro atoms. The number of nitrogens with zero attached hydrogens (tertiary/aromatic N) is 1. The van der Waals surface area contributed by atoms with Gasteiger partial charge in [-0.2, -0.15) is 0 Å². The normalized spacial score (nSPS) is 14.3. The molecule has 17 heavy (non-hydrogen) atoms. The molecule has 2 atom stereocenters. The molecule has 1 rings (SSSR count). The molecule has 1 amide bonds. The Kier molecular flexibility index (Phi) is 6.15. The van der Waals surface area contributed by atoms with E-state index in [9.17, 15) is 4.79 Å². The molecule has 0 fully saturated rings. The van der Waals surface area contributed by atoms with Gasteiger partial charge in [0.1, 0.15) is 5.01 Å². The van der Waals surface area contributed by atoms with Crippen LogP contribution in [0.15, 0.2) is 11.6 Å². The van der Waals surface area contributed by atoms with E-state index in [4.69, 9.17) is 5.73 Å². The van der Waals surface area contributed by atoms with E-state index in [2.05, 4.69) is 17.2 Å². The number of carbonyl (C=O) groups is 1. The summed E-state index contributed by atoms with van der Waals surface area (Å²) in [6, 6.07) is -0.404. The lowest BCUT2D eigenvalue weighted by Crippen LogP contribution is -2.42. The summed E-state index contributed by atoms with van der Waals surface area (Å²) < 4.78 is 0. The third-order valence-electron chi connectivity index (χ3n) is 2.68. The SMILES string of the molecule is CCCC[C@H](N)C(=O)NC(CC)c1nccs1. The van der Waals surface area contributed by atoms with E-state index in [1.54, 1.807) is 17.5 Å². The van der Waals surface area contributed by atoms with Crippen LogP contribution in [0.4, 0.5) is 0 Å². The Bertz CT molecular complexity index is 327. The van der Waals surface area contributed by atoms with Crippen molar-refractivity contribution in [3.05, 3.63) is 16.6 Å². The van der Waals surface area contributed by atoms with Gasteiger partial charge < -0.3 is 11.1 Å². The first-order valence-corrected chi connectivity index (χ1v) is 7.02. The first kappa shape index (κ1) is 14.1. The summed E-state index contributed by atoms with van der Waals surface area (Å²) in [6.45, 7) is 4.12. The summed E-state index contributed by atoms with van der Waals surface area (Å²) in [5, 5.41) is 5.83. The first-order chi connectivity index (χ1) is 8.19. The summed E-state index contributed by atoms with van der Waals surface area (Å²) in [5.74, 6) is -0.0690. The van der Waals surface area contributed by atoms with Gasteiger partial charge >= 0.3 is 0 Å². The van der Waals surface area contributed by atoms with Crippen molar-refractivity contribution >= 4 is 17.2 Å². The largest absolute Gasteiger partial charge is 0.346 e. The molecule has 1 unspecified atom stereocenters. The molecule has 1 aromatic rings. The maximum absolute atomic E-state index is 11.9. The zero-order valence-corrected chi connectivity index (χ0v) is 11.3. The van der Waals surface area contributed by atoms with Gasteiger partial charge in [0, 0.05) is 11.6 Å². The molecule has 0 radical (unpaired) electrons. The number of hydrogen-bond donors (Lipinski definition) is 2. The molecule has 0 aliphatic heterocycles. The standard InChI is InChI=1S/C12H21N3OS/c1-3-5-6-9(13)11(16)15-10(4-2)12-14-7-8-17-12/h7-10H,3-6,13H2,1-2H3,(H,15,16)/t9-,10?/m0/s1. The number of carbonyl (C=O) groups excluding carboxylic acids is 1. The van der Waals surface area contributed by atoms with Crippen molar-refractivity contribution in [1.82, 2.24) is 10.3 Å². The Balaban J connectivity index is 2.48. The molecule has 0 bridgehead atoms. The van der Waals surface area contributed by atoms with Gasteiger partial charge in [0.15, 0.2) is 0 Å². The molecule has 0 saturated carbocycles. The van der Waals surface area contributed by atoms with Crippen LogP contribution >= 0.6 is 11.3 Å². The molecule has 3 N–H and O–H groups in total. The van der Waals surface area contributed by atoms with E-state index in [1.807, 2.05) is 12.3 Å². The van der Waals surface area contributed by atoms with Crippen LogP contribution in [0.2, 0.25) is 0 Å². The molecule has 4 nitrogen and oxygen atoms in total. The Morgan fingerprint density at radius 2 is 2.35 bits per heavy atom. The average Bonchev–Trinajstić information content (AvgIpc) is 2.86. The van der Waals surface area contributed by atoms with Crippen molar-refractivity contribution in [1.29, 1.82) is 0 Å². The predicted molar refractivity (Wildman–Crippen MR) is 70.8 cm³/mol. The fourth-order valence-corrected chi connectivity index (χ4v) is 2.35. The summed E-state index contributed by atoms with van der Waals surface area (Å²) in [4.78, 5) is 16.1. The monoisotopic (exact) mass is 255 g/mol. The average molecular weight is 255 g/mol. The highest BCUT2D eigenvalue weighted by atomic mass is 32.1. The van der Waals surface area contributed by atoms with E-state index < -0.39 is 6.04 Å². The third kappa shape index (κ3) is 4.44. The highest BCUT2D eigenvalue weighted by molar-refractivity contribution is 7.09. The van der Waals surface area contributed by atoms with Crippen molar-refractivity contribution in [2.45, 2.75) is 51.6 Å². The van der Waals surface area contributed by atoms with Gasteiger partial charge in [0.2, 0.25) is 5.91 Å². The van der Waals surface area contributed by atoms with Crippen LogP contribution in [-0.4, -0.2) is 16.9 Å². The summed E-state index contributed by atoms with van der Waals surface area (Å²) in [5.41, 5.74) is 5.83. The summed E-state index contributed by atoms with van der Waals surface area (Å²) >= 11 is 1.56. The van der Waals surface area contributed by atoms with Crippen LogP contribution in [0.3, 0.4) is 0 Å². The molecule has 1 heterocycles. The number of hydrogen-bond acceptors (Lipinski definition) is 4. The van der Waals surface area contributed by atoms with Gasteiger partial charge in [0.05, 0.1) is 12.1 Å². The number of rotatable bonds is 7. The number of thiazole rings is 1. The quantitative estimate of drug-likeness (QED) is 0.785. The van der Waals surface area contributed by atoms with Crippen LogP contribution in [0.1, 0.15) is 50.6 Å². The lowest BCUT2D eigenvalue weighted by atomic mass is 10.1. The number of nitrogens with one attached hydrogen (secondary N) is 1. The van der Waals surface area contributed by atoms with Crippen molar-refractivity contribution in [3.8, 4) is 0 Å². The minimum absolute atomic E-state index is 0.00447. The molecule has 0 aromatic carbocycles. The summed E-state index contributed by atoms with van der Waals surface area (Å²) in [6.07, 6.45) is 5.38. The molecule has 0 aliphatic carbocycles. The van der Waals surface area contributed by atoms with Gasteiger partial charge in [-0.1, -0.05) is 26.7 Å². The van der Waals surface area contributed by atoms with E-state index in [1.165, 1.54) is 0 Å². The molecule has 5 heteroatoms. The first-order valence-electron chi connectivity index (χ1n) is 6.14. The van der Waals surface area contributed by atoms with E-state index in [-0.39, 0.29) is 11.9 Å². The van der Waals surface area contributed by atoms with Crippen molar-refractivity contribution in [2.75, 3.05) is 0 Å². The Hall–Kier alpha value is -0.940. The second-order valence-corrected chi connectivity index (χ2v) is 5.01. The van der Waals surface area contributed by atoms with Crippen LogP contribution in [0.25, 0.3) is 0 Å². The van der Waals surface area contributed by atoms with Gasteiger partial charge in [-0.15, -0.1) is 11.3 Å². The number of aromatic nitrogens is 1. The predicted octanol–water partition coefficient (Wildman–Crippen LogP) is 2.23. The van der Waals surface area contributed by atoms with Crippen LogP contribution < -0.4 is 11.1 Å². The fraction of sp³-hybridized carbons (Fsp3) is 0.667. The number of nitrogens with two attached hydrogens (primary N) is 1. The lowest BCUT2D eigenvalue weighted by Gasteiger charge is -2.17. The van der Waals surface area contributed by atoms with Gasteiger partial charge in [0.25, 0.3) is 0 Å². The topological polar surface area (TPSA) is 68.0 Å². The van der Waals surface area contributed by atoms with Crippen molar-refractivity contribution in [2.24, 2.45) is 5.73 Å². The molecule has 0 aliphatic rings. The van der Waals surface area contributed by atoms with E-state index >= 15 is 0 Å². The third-order valence-corrected chi connectivity index (χ3v) is 3.57. The van der Waals surface area contributed by atoms with Crippen molar-refractivity contribution in [3.63, 3.8) is 0 Å². The Morgan fingerprint density at radius 3 is 2.88 bits per heavy atom. The fourth-order valence-electron chi connectivity index (χ4n) is 1.58. The highest BCUT2D eigenvalue weighted by Gasteiger charge is 2.19. The van der Waals surface area contributed by atoms with Crippen molar-refractivity contribution < 1.29 is 4.79 Å². The lowest BCUT2D eigenvalue weighted by molar-refractivity contribution is -0.123. The van der Waals surface area contributed by atoms with Crippen LogP contribution in [0, 0.1) is 0 Å². The van der Waals surface area contributed by atoms with Crippen LogP contribution in [-0.2, 0) is 4.79 Å². The molecular weight excluding hydrogens is 234 g/mol. The van der Waals surface area contributed by atoms with Gasteiger partial charge in [-0.25, -0.2) is 4.98 Å². The molecule has 96 valence electrons. The second kappa shape index (κ2) is 7.40. The minimum Gasteiger partial charge on any atom is -0.346 e. The highest BCUT2D eigenvalue weighted by Crippen LogP contribution is 2.18. The molecule has 0 saturated heterocycles. The van der Waals surface area contributed by atoms with E-state index in [0.717, 1.165) is 30.7 Å². The summed E-state index contributed by atoms with van der Waals surface area (Å²) in [7, 11) is 0. The Labute approximate surface area is 107 Å². The van der Waals surface area contributed by atoms with Crippen LogP contribution in [0.5, 0.6) is 0 Å². The maximum Gasteiger partial charge on any atom is 0.237 e. The van der Waals surface area contributed by atoms with Gasteiger partial charge in [-0.3, -0.25) is 4.79 Å². The smallest absolute Gasteiger partial charge is 0.237 e. The molecule has 1 aromatic heterocycles. The zero-order valence-electron chi connectivity index (χ0n) is 10.5. The van der Waals surface area contributed by atoms with E-state index in [0.29, 0.717) is 0 Å². The molecular formula is C12H21N3OS. The second-order valence-electron chi connectivity index (χ2n) is 4.09. The Morgan fingerprint density at radius 1 is 1.59 bits per heavy atom. The van der Waals surface area contributed by atoms with Gasteiger partial charge in [-0.05, 0) is 12.8 Å². The minimum atomic E-state index is -0.399. The zero-order chi connectivity index (χ0) is 12.7. The number of amides is 1.